The molecule has 17 heavy (non-hydrogen) atoms. The lowest BCUT2D eigenvalue weighted by Gasteiger charge is -2.18. The third-order valence-electron chi connectivity index (χ3n) is 2.62. The Bertz CT molecular complexity index is 470. The van der Waals surface area contributed by atoms with Gasteiger partial charge in [0.15, 0.2) is 5.82 Å². The van der Waals surface area contributed by atoms with Crippen molar-refractivity contribution < 1.29 is 0 Å². The largest absolute Gasteiger partial charge is 0.301 e. The van der Waals surface area contributed by atoms with Crippen molar-refractivity contribution in [1.29, 1.82) is 0 Å². The molecule has 5 nitrogen and oxygen atoms in total. The van der Waals surface area contributed by atoms with Crippen LogP contribution in [0.25, 0.3) is 0 Å². The van der Waals surface area contributed by atoms with Crippen LogP contribution in [-0.2, 0) is 0 Å². The Hall–Kier alpha value is -1.46. The predicted molar refractivity (Wildman–Crippen MR) is 65.6 cm³/mol. The summed E-state index contributed by atoms with van der Waals surface area (Å²) in [6.45, 7) is 4.04. The van der Waals surface area contributed by atoms with Gasteiger partial charge in [0.25, 0.3) is 0 Å². The second-order valence-corrected chi connectivity index (χ2v) is 4.31. The molecule has 2 atom stereocenters. The summed E-state index contributed by atoms with van der Waals surface area (Å²) in [5.74, 6) is 0.643. The molecule has 2 unspecified atom stereocenters. The van der Waals surface area contributed by atoms with E-state index in [-0.39, 0.29) is 12.1 Å². The highest BCUT2D eigenvalue weighted by Crippen LogP contribution is 2.24. The Labute approximate surface area is 105 Å². The van der Waals surface area contributed by atoms with Crippen LogP contribution in [0.5, 0.6) is 0 Å². The van der Waals surface area contributed by atoms with Gasteiger partial charge in [0.05, 0.1) is 6.04 Å². The van der Waals surface area contributed by atoms with Gasteiger partial charge in [-0.3, -0.25) is 0 Å². The summed E-state index contributed by atoms with van der Waals surface area (Å²) in [7, 11) is 0. The quantitative estimate of drug-likeness (QED) is 0.875. The molecule has 1 aromatic heterocycles. The van der Waals surface area contributed by atoms with E-state index in [1.807, 2.05) is 31.2 Å². The number of benzene rings is 1. The molecule has 0 spiro atoms. The smallest absolute Gasteiger partial charge is 0.191 e. The van der Waals surface area contributed by atoms with E-state index in [0.29, 0.717) is 5.82 Å². The highest BCUT2D eigenvalue weighted by atomic mass is 35.5. The van der Waals surface area contributed by atoms with Gasteiger partial charge >= 0.3 is 0 Å². The maximum atomic E-state index is 6.14. The normalized spacial score (nSPS) is 14.5. The van der Waals surface area contributed by atoms with Crippen molar-refractivity contribution in [1.82, 2.24) is 25.9 Å². The molecule has 0 aliphatic rings. The van der Waals surface area contributed by atoms with Gasteiger partial charge in [-0.1, -0.05) is 35.0 Å². The van der Waals surface area contributed by atoms with Crippen LogP contribution in [0.3, 0.4) is 0 Å². The number of aromatic nitrogens is 4. The summed E-state index contributed by atoms with van der Waals surface area (Å²) < 4.78 is 0. The Morgan fingerprint density at radius 2 is 2.00 bits per heavy atom. The predicted octanol–water partition coefficient (Wildman–Crippen LogP) is 2.26. The second-order valence-electron chi connectivity index (χ2n) is 3.90. The van der Waals surface area contributed by atoms with Crippen molar-refractivity contribution >= 4 is 11.6 Å². The minimum absolute atomic E-state index is 0.0139. The summed E-state index contributed by atoms with van der Waals surface area (Å²) in [4.78, 5) is 0. The van der Waals surface area contributed by atoms with Gasteiger partial charge < -0.3 is 5.32 Å². The van der Waals surface area contributed by atoms with Crippen LogP contribution < -0.4 is 5.32 Å². The number of rotatable bonds is 4. The lowest BCUT2D eigenvalue weighted by molar-refractivity contribution is 0.477. The molecule has 6 heteroatoms. The van der Waals surface area contributed by atoms with Crippen molar-refractivity contribution in [2.75, 3.05) is 0 Å². The lowest BCUT2D eigenvalue weighted by atomic mass is 10.1. The number of hydrogen-bond acceptors (Lipinski definition) is 4. The van der Waals surface area contributed by atoms with Crippen LogP contribution in [0, 0.1) is 0 Å². The zero-order valence-corrected chi connectivity index (χ0v) is 10.4. The van der Waals surface area contributed by atoms with Crippen molar-refractivity contribution in [3.05, 3.63) is 40.7 Å². The molecule has 2 rings (SSSR count). The highest BCUT2D eigenvalue weighted by molar-refractivity contribution is 6.31. The fourth-order valence-corrected chi connectivity index (χ4v) is 2.02. The van der Waals surface area contributed by atoms with Crippen LogP contribution in [0.15, 0.2) is 24.3 Å². The summed E-state index contributed by atoms with van der Waals surface area (Å²) in [5, 5.41) is 18.0. The Kier molecular flexibility index (Phi) is 3.71. The maximum Gasteiger partial charge on any atom is 0.191 e. The van der Waals surface area contributed by atoms with E-state index in [0.717, 1.165) is 10.6 Å². The van der Waals surface area contributed by atoms with E-state index in [9.17, 15) is 0 Å². The number of halogens is 1. The molecule has 0 saturated heterocycles. The summed E-state index contributed by atoms with van der Waals surface area (Å²) in [5.41, 5.74) is 1.06. The molecule has 0 bridgehead atoms. The molecule has 0 fully saturated rings. The third kappa shape index (κ3) is 2.81. The van der Waals surface area contributed by atoms with Crippen LogP contribution in [0.4, 0.5) is 0 Å². The Balaban J connectivity index is 2.07. The highest BCUT2D eigenvalue weighted by Gasteiger charge is 2.15. The average Bonchev–Trinajstić information content (AvgIpc) is 2.82. The zero-order valence-electron chi connectivity index (χ0n) is 9.68. The lowest BCUT2D eigenvalue weighted by Crippen LogP contribution is -2.23. The van der Waals surface area contributed by atoms with Gasteiger partial charge in [0.2, 0.25) is 0 Å². The van der Waals surface area contributed by atoms with Gasteiger partial charge in [-0.05, 0) is 25.5 Å². The first-order valence-corrected chi connectivity index (χ1v) is 5.80. The fourth-order valence-electron chi connectivity index (χ4n) is 1.72. The first kappa shape index (κ1) is 12.0. The molecule has 1 aromatic carbocycles. The monoisotopic (exact) mass is 251 g/mol. The molecule has 0 aliphatic carbocycles. The molecule has 1 heterocycles. The fraction of sp³-hybridized carbons (Fsp3) is 0.364. The summed E-state index contributed by atoms with van der Waals surface area (Å²) in [6, 6.07) is 7.91. The van der Waals surface area contributed by atoms with E-state index < -0.39 is 0 Å². The Morgan fingerprint density at radius 1 is 1.24 bits per heavy atom. The number of tetrazole rings is 1. The first-order valence-electron chi connectivity index (χ1n) is 5.42. The Morgan fingerprint density at radius 3 is 2.65 bits per heavy atom. The van der Waals surface area contributed by atoms with Crippen molar-refractivity contribution in [3.63, 3.8) is 0 Å². The van der Waals surface area contributed by atoms with Crippen molar-refractivity contribution in [2.45, 2.75) is 25.9 Å². The van der Waals surface area contributed by atoms with E-state index in [1.54, 1.807) is 0 Å². The van der Waals surface area contributed by atoms with Crippen molar-refractivity contribution in [2.24, 2.45) is 0 Å². The zero-order chi connectivity index (χ0) is 12.3. The van der Waals surface area contributed by atoms with E-state index >= 15 is 0 Å². The average molecular weight is 252 g/mol. The number of nitrogens with one attached hydrogen (secondary N) is 2. The molecule has 0 amide bonds. The SMILES string of the molecule is CC(NC(C)c1ccccc1Cl)c1nn[nH]n1. The van der Waals surface area contributed by atoms with E-state index in [4.69, 9.17) is 11.6 Å². The van der Waals surface area contributed by atoms with Crippen LogP contribution in [0.2, 0.25) is 5.02 Å². The van der Waals surface area contributed by atoms with Crippen molar-refractivity contribution in [3.8, 4) is 0 Å². The van der Waals surface area contributed by atoms with Crippen LogP contribution in [-0.4, -0.2) is 20.6 Å². The molecule has 0 saturated carbocycles. The van der Waals surface area contributed by atoms with Gasteiger partial charge in [-0.15, -0.1) is 10.2 Å². The second kappa shape index (κ2) is 5.25. The number of H-pyrrole nitrogens is 1. The summed E-state index contributed by atoms with van der Waals surface area (Å²) in [6.07, 6.45) is 0. The topological polar surface area (TPSA) is 66.5 Å². The van der Waals surface area contributed by atoms with Gasteiger partial charge in [-0.25, -0.2) is 0 Å². The van der Waals surface area contributed by atoms with Crippen LogP contribution >= 0.6 is 11.6 Å². The number of hydrogen-bond donors (Lipinski definition) is 2. The molecule has 0 radical (unpaired) electrons. The standard InChI is InChI=1S/C11H14ClN5/c1-7(9-5-3-4-6-10(9)12)13-8(2)11-14-16-17-15-11/h3-8,13H,1-2H3,(H,14,15,16,17). The molecular formula is C11H14ClN5. The molecule has 2 aromatic rings. The van der Waals surface area contributed by atoms with E-state index in [1.165, 1.54) is 0 Å². The summed E-state index contributed by atoms with van der Waals surface area (Å²) >= 11 is 6.14. The number of aromatic amines is 1. The maximum absolute atomic E-state index is 6.14. The molecule has 90 valence electrons. The third-order valence-corrected chi connectivity index (χ3v) is 2.96. The van der Waals surface area contributed by atoms with E-state index in [2.05, 4.69) is 32.9 Å². The molecule has 0 aliphatic heterocycles. The number of nitrogens with zero attached hydrogens (tertiary/aromatic N) is 3. The van der Waals surface area contributed by atoms with Crippen LogP contribution in [0.1, 0.15) is 37.3 Å². The minimum Gasteiger partial charge on any atom is -0.301 e. The van der Waals surface area contributed by atoms with Gasteiger partial charge in [-0.2, -0.15) is 5.21 Å². The van der Waals surface area contributed by atoms with Gasteiger partial charge in [0, 0.05) is 11.1 Å². The first-order chi connectivity index (χ1) is 8.18. The van der Waals surface area contributed by atoms with Gasteiger partial charge in [0.1, 0.15) is 0 Å². The minimum atomic E-state index is 0.0139. The molecule has 2 N–H and O–H groups in total. The molecular weight excluding hydrogens is 238 g/mol.